The van der Waals surface area contributed by atoms with Crippen LogP contribution >= 0.6 is 11.6 Å². The largest absolute Gasteiger partial charge is 0.481 e. The number of carbonyl (C=O) groups is 1. The number of carboxylic acids is 1. The zero-order chi connectivity index (χ0) is 15.7. The van der Waals surface area contributed by atoms with Crippen molar-refractivity contribution in [3.63, 3.8) is 0 Å². The number of fused-ring (bicyclic) bond motifs is 1. The second kappa shape index (κ2) is 5.81. The van der Waals surface area contributed by atoms with Gasteiger partial charge in [-0.3, -0.25) is 4.79 Å². The number of hydrogen-bond donors (Lipinski definition) is 1. The number of pyridine rings is 1. The number of hydrogen-bond acceptors (Lipinski definition) is 2. The Hall–Kier alpha value is -2.33. The van der Waals surface area contributed by atoms with Crippen molar-refractivity contribution >= 4 is 23.2 Å². The van der Waals surface area contributed by atoms with E-state index in [9.17, 15) is 4.79 Å². The Morgan fingerprint density at radius 3 is 2.64 bits per heavy atom. The van der Waals surface area contributed by atoms with Gasteiger partial charge in [-0.1, -0.05) is 29.8 Å². The third kappa shape index (κ3) is 2.70. The maximum Gasteiger partial charge on any atom is 0.303 e. The predicted molar refractivity (Wildman–Crippen MR) is 86.3 cm³/mol. The van der Waals surface area contributed by atoms with Crippen LogP contribution in [0.1, 0.15) is 17.8 Å². The number of benzene rings is 1. The van der Waals surface area contributed by atoms with Gasteiger partial charge in [0.25, 0.3) is 0 Å². The molecule has 0 fully saturated rings. The molecule has 0 atom stereocenters. The Morgan fingerprint density at radius 1 is 1.23 bits per heavy atom. The maximum atomic E-state index is 11.0. The van der Waals surface area contributed by atoms with Crippen LogP contribution in [0.4, 0.5) is 0 Å². The molecule has 2 heterocycles. The summed E-state index contributed by atoms with van der Waals surface area (Å²) >= 11 is 5.94. The second-order valence-electron chi connectivity index (χ2n) is 5.17. The summed E-state index contributed by atoms with van der Waals surface area (Å²) in [5.41, 5.74) is 4.52. The molecular formula is C17H15ClN2O2. The third-order valence-corrected chi connectivity index (χ3v) is 3.88. The fraction of sp³-hybridized carbons (Fsp3) is 0.176. The van der Waals surface area contributed by atoms with Gasteiger partial charge in [0.1, 0.15) is 5.65 Å². The van der Waals surface area contributed by atoms with Crippen LogP contribution < -0.4 is 0 Å². The smallest absolute Gasteiger partial charge is 0.303 e. The summed E-state index contributed by atoms with van der Waals surface area (Å²) in [5.74, 6) is -0.814. The van der Waals surface area contributed by atoms with Crippen LogP contribution in [0.15, 0.2) is 42.5 Å². The molecule has 0 saturated carbocycles. The van der Waals surface area contributed by atoms with Crippen LogP contribution in [0.5, 0.6) is 0 Å². The second-order valence-corrected chi connectivity index (χ2v) is 5.60. The molecule has 3 aromatic rings. The number of rotatable bonds is 4. The van der Waals surface area contributed by atoms with Crippen LogP contribution in [-0.2, 0) is 11.2 Å². The Morgan fingerprint density at radius 2 is 1.95 bits per heavy atom. The molecule has 0 aliphatic rings. The summed E-state index contributed by atoms with van der Waals surface area (Å²) in [5, 5.41) is 9.67. The lowest BCUT2D eigenvalue weighted by molar-refractivity contribution is -0.136. The van der Waals surface area contributed by atoms with E-state index in [1.54, 1.807) is 0 Å². The molecule has 4 nitrogen and oxygen atoms in total. The fourth-order valence-electron chi connectivity index (χ4n) is 2.62. The van der Waals surface area contributed by atoms with Crippen molar-refractivity contribution < 1.29 is 9.90 Å². The zero-order valence-corrected chi connectivity index (χ0v) is 12.8. The standard InChI is InChI=1S/C17H15ClN2O2/c1-11-3-2-4-15-19-17(12-5-7-13(18)8-6-12)14(20(11)15)9-10-16(21)22/h2-8H,9-10H2,1H3,(H,21,22). The quantitative estimate of drug-likeness (QED) is 0.792. The number of aromatic nitrogens is 2. The first-order chi connectivity index (χ1) is 10.6. The van der Waals surface area contributed by atoms with Crippen molar-refractivity contribution in [1.82, 2.24) is 9.38 Å². The van der Waals surface area contributed by atoms with E-state index in [0.29, 0.717) is 11.4 Å². The molecule has 22 heavy (non-hydrogen) atoms. The van der Waals surface area contributed by atoms with E-state index >= 15 is 0 Å². The van der Waals surface area contributed by atoms with Gasteiger partial charge in [0.2, 0.25) is 0 Å². The molecule has 0 spiro atoms. The van der Waals surface area contributed by atoms with Gasteiger partial charge in [-0.05, 0) is 31.2 Å². The van der Waals surface area contributed by atoms with Crippen molar-refractivity contribution in [2.75, 3.05) is 0 Å². The minimum Gasteiger partial charge on any atom is -0.481 e. The molecular weight excluding hydrogens is 300 g/mol. The van der Waals surface area contributed by atoms with Crippen LogP contribution in [0.25, 0.3) is 16.9 Å². The van der Waals surface area contributed by atoms with E-state index in [1.165, 1.54) is 0 Å². The lowest BCUT2D eigenvalue weighted by Gasteiger charge is -2.06. The molecule has 0 unspecified atom stereocenters. The number of carboxylic acid groups (broad SMARTS) is 1. The lowest BCUT2D eigenvalue weighted by Crippen LogP contribution is -2.03. The average Bonchev–Trinajstić information content (AvgIpc) is 2.86. The maximum absolute atomic E-state index is 11.0. The molecule has 2 aromatic heterocycles. The molecule has 0 aliphatic carbocycles. The number of aryl methyl sites for hydroxylation is 2. The zero-order valence-electron chi connectivity index (χ0n) is 12.1. The van der Waals surface area contributed by atoms with Crippen molar-refractivity contribution in [2.24, 2.45) is 0 Å². The number of halogens is 1. The molecule has 1 N–H and O–H groups in total. The van der Waals surface area contributed by atoms with Gasteiger partial charge in [-0.2, -0.15) is 0 Å². The number of aliphatic carboxylic acids is 1. The molecule has 0 saturated heterocycles. The molecule has 112 valence electrons. The van der Waals surface area contributed by atoms with E-state index in [2.05, 4.69) is 4.98 Å². The predicted octanol–water partition coefficient (Wildman–Crippen LogP) is 3.98. The Kier molecular flexibility index (Phi) is 3.86. The molecule has 0 radical (unpaired) electrons. The monoisotopic (exact) mass is 314 g/mol. The number of imidazole rings is 1. The SMILES string of the molecule is Cc1cccc2nc(-c3ccc(Cl)cc3)c(CCC(=O)O)n12. The van der Waals surface area contributed by atoms with E-state index in [4.69, 9.17) is 16.7 Å². The molecule has 1 aromatic carbocycles. The Balaban J connectivity index is 2.19. The fourth-order valence-corrected chi connectivity index (χ4v) is 2.75. The molecule has 0 amide bonds. The minimum atomic E-state index is -0.814. The highest BCUT2D eigenvalue weighted by Crippen LogP contribution is 2.27. The summed E-state index contributed by atoms with van der Waals surface area (Å²) in [7, 11) is 0. The topological polar surface area (TPSA) is 54.6 Å². The summed E-state index contributed by atoms with van der Waals surface area (Å²) in [6, 6.07) is 13.3. The van der Waals surface area contributed by atoms with Crippen molar-refractivity contribution in [3.8, 4) is 11.3 Å². The summed E-state index contributed by atoms with van der Waals surface area (Å²) < 4.78 is 2.02. The van der Waals surface area contributed by atoms with E-state index in [0.717, 1.165) is 28.3 Å². The molecule has 3 rings (SSSR count). The van der Waals surface area contributed by atoms with Gasteiger partial charge in [0.15, 0.2) is 0 Å². The Labute approximate surface area is 133 Å². The van der Waals surface area contributed by atoms with Gasteiger partial charge in [-0.25, -0.2) is 4.98 Å². The normalized spacial score (nSPS) is 11.0. The number of nitrogens with zero attached hydrogens (tertiary/aromatic N) is 2. The summed E-state index contributed by atoms with van der Waals surface area (Å²) in [6.45, 7) is 1.99. The average molecular weight is 315 g/mol. The minimum absolute atomic E-state index is 0.0721. The van der Waals surface area contributed by atoms with Gasteiger partial charge in [0, 0.05) is 22.7 Å². The van der Waals surface area contributed by atoms with E-state index < -0.39 is 5.97 Å². The first kappa shape index (κ1) is 14.6. The first-order valence-electron chi connectivity index (χ1n) is 7.01. The van der Waals surface area contributed by atoms with E-state index in [-0.39, 0.29) is 6.42 Å². The molecule has 0 aliphatic heterocycles. The van der Waals surface area contributed by atoms with Gasteiger partial charge in [0.05, 0.1) is 17.8 Å². The van der Waals surface area contributed by atoms with Crippen LogP contribution in [-0.4, -0.2) is 20.5 Å². The first-order valence-corrected chi connectivity index (χ1v) is 7.39. The van der Waals surface area contributed by atoms with Crippen LogP contribution in [0.2, 0.25) is 5.02 Å². The summed E-state index contributed by atoms with van der Waals surface area (Å²) in [6.07, 6.45) is 0.502. The van der Waals surface area contributed by atoms with E-state index in [1.807, 2.05) is 53.8 Å². The molecule has 5 heteroatoms. The highest BCUT2D eigenvalue weighted by atomic mass is 35.5. The summed E-state index contributed by atoms with van der Waals surface area (Å²) in [4.78, 5) is 15.6. The Bertz CT molecular complexity index is 838. The lowest BCUT2D eigenvalue weighted by atomic mass is 10.1. The van der Waals surface area contributed by atoms with Gasteiger partial charge >= 0.3 is 5.97 Å². The molecule has 0 bridgehead atoms. The van der Waals surface area contributed by atoms with Crippen molar-refractivity contribution in [3.05, 3.63) is 58.9 Å². The van der Waals surface area contributed by atoms with Gasteiger partial charge in [-0.15, -0.1) is 0 Å². The highest BCUT2D eigenvalue weighted by molar-refractivity contribution is 6.30. The van der Waals surface area contributed by atoms with Crippen molar-refractivity contribution in [1.29, 1.82) is 0 Å². The van der Waals surface area contributed by atoms with Crippen LogP contribution in [0, 0.1) is 6.92 Å². The van der Waals surface area contributed by atoms with Crippen molar-refractivity contribution in [2.45, 2.75) is 19.8 Å². The van der Waals surface area contributed by atoms with Gasteiger partial charge < -0.3 is 9.51 Å². The third-order valence-electron chi connectivity index (χ3n) is 3.63. The highest BCUT2D eigenvalue weighted by Gasteiger charge is 2.16. The van der Waals surface area contributed by atoms with Crippen LogP contribution in [0.3, 0.4) is 0 Å².